The van der Waals surface area contributed by atoms with Crippen molar-refractivity contribution < 1.29 is 13.2 Å². The van der Waals surface area contributed by atoms with Crippen molar-refractivity contribution in [3.63, 3.8) is 0 Å². The van der Waals surface area contributed by atoms with E-state index in [4.69, 9.17) is 11.6 Å². The smallest absolute Gasteiger partial charge is 0.243 e. The molecule has 1 aromatic rings. The van der Waals surface area contributed by atoms with Gasteiger partial charge in [0.25, 0.3) is 0 Å². The van der Waals surface area contributed by atoms with Crippen molar-refractivity contribution in [1.29, 1.82) is 0 Å². The zero-order valence-electron chi connectivity index (χ0n) is 17.1. The second kappa shape index (κ2) is 10.2. The standard InChI is InChI=1S/C21H32ClN3O3S/c1-17-7-13-24(14-8-17)12-2-11-23-21(26)18-9-15-25(16-10-18)29(27,28)20-5-3-19(22)4-6-20/h3-6,17-18H,2,7-16H2,1H3,(H,23,26). The highest BCUT2D eigenvalue weighted by Crippen LogP contribution is 2.25. The van der Waals surface area contributed by atoms with E-state index >= 15 is 0 Å². The monoisotopic (exact) mass is 441 g/mol. The first-order valence-electron chi connectivity index (χ1n) is 10.6. The average Bonchev–Trinajstić information content (AvgIpc) is 2.73. The van der Waals surface area contributed by atoms with E-state index in [0.717, 1.165) is 32.0 Å². The van der Waals surface area contributed by atoms with Crippen LogP contribution in [0, 0.1) is 11.8 Å². The molecule has 1 N–H and O–H groups in total. The van der Waals surface area contributed by atoms with Gasteiger partial charge in [-0.2, -0.15) is 4.31 Å². The summed E-state index contributed by atoms with van der Waals surface area (Å²) in [4.78, 5) is 15.2. The molecule has 0 unspecified atom stereocenters. The molecular weight excluding hydrogens is 410 g/mol. The highest BCUT2D eigenvalue weighted by Gasteiger charge is 2.32. The fourth-order valence-electron chi connectivity index (χ4n) is 4.06. The Morgan fingerprint density at radius 2 is 1.69 bits per heavy atom. The molecule has 1 aromatic carbocycles. The molecule has 0 aromatic heterocycles. The van der Waals surface area contributed by atoms with Crippen LogP contribution in [0.2, 0.25) is 5.02 Å². The maximum Gasteiger partial charge on any atom is 0.243 e. The summed E-state index contributed by atoms with van der Waals surface area (Å²) in [6.45, 7) is 7.10. The molecule has 2 saturated heterocycles. The second-order valence-corrected chi connectivity index (χ2v) is 10.7. The van der Waals surface area contributed by atoms with Crippen molar-refractivity contribution in [2.75, 3.05) is 39.3 Å². The van der Waals surface area contributed by atoms with Crippen molar-refractivity contribution in [3.05, 3.63) is 29.3 Å². The maximum atomic E-state index is 12.7. The van der Waals surface area contributed by atoms with E-state index in [1.54, 1.807) is 12.1 Å². The van der Waals surface area contributed by atoms with Gasteiger partial charge in [0.05, 0.1) is 4.90 Å². The fourth-order valence-corrected chi connectivity index (χ4v) is 5.65. The van der Waals surface area contributed by atoms with Crippen molar-refractivity contribution in [2.45, 2.75) is 43.9 Å². The number of nitrogens with zero attached hydrogens (tertiary/aromatic N) is 2. The topological polar surface area (TPSA) is 69.7 Å². The van der Waals surface area contributed by atoms with Crippen molar-refractivity contribution in [1.82, 2.24) is 14.5 Å². The van der Waals surface area contributed by atoms with Gasteiger partial charge in [0.15, 0.2) is 0 Å². The summed E-state index contributed by atoms with van der Waals surface area (Å²) in [5.74, 6) is 0.781. The van der Waals surface area contributed by atoms with Crippen LogP contribution in [0.25, 0.3) is 0 Å². The minimum Gasteiger partial charge on any atom is -0.356 e. The Balaban J connectivity index is 1.38. The Labute approximate surface area is 179 Å². The van der Waals surface area contributed by atoms with Gasteiger partial charge in [0.2, 0.25) is 15.9 Å². The molecular formula is C21H32ClN3O3S. The number of hydrogen-bond donors (Lipinski definition) is 1. The normalized spacial score (nSPS) is 20.6. The molecule has 0 aliphatic carbocycles. The Morgan fingerprint density at radius 3 is 2.31 bits per heavy atom. The van der Waals surface area contributed by atoms with Gasteiger partial charge in [-0.05, 0) is 81.9 Å². The number of benzene rings is 1. The van der Waals surface area contributed by atoms with Crippen LogP contribution in [0.15, 0.2) is 29.2 Å². The quantitative estimate of drug-likeness (QED) is 0.660. The first kappa shape index (κ1) is 22.5. The predicted molar refractivity (Wildman–Crippen MR) is 115 cm³/mol. The molecule has 0 spiro atoms. The summed E-state index contributed by atoms with van der Waals surface area (Å²) in [5.41, 5.74) is 0. The minimum absolute atomic E-state index is 0.0563. The minimum atomic E-state index is -3.53. The van der Waals surface area contributed by atoms with Gasteiger partial charge < -0.3 is 10.2 Å². The third kappa shape index (κ3) is 6.17. The first-order valence-corrected chi connectivity index (χ1v) is 12.4. The highest BCUT2D eigenvalue weighted by atomic mass is 35.5. The number of carbonyl (C=O) groups is 1. The van der Waals surface area contributed by atoms with Crippen LogP contribution in [-0.4, -0.2) is 62.8 Å². The van der Waals surface area contributed by atoms with Gasteiger partial charge in [-0.25, -0.2) is 8.42 Å². The van der Waals surface area contributed by atoms with Crippen molar-refractivity contribution >= 4 is 27.5 Å². The molecule has 0 saturated carbocycles. The lowest BCUT2D eigenvalue weighted by atomic mass is 9.97. The summed E-state index contributed by atoms with van der Waals surface area (Å²) < 4.78 is 26.9. The number of nitrogens with one attached hydrogen (secondary N) is 1. The molecule has 0 bridgehead atoms. The first-order chi connectivity index (χ1) is 13.9. The van der Waals surface area contributed by atoms with E-state index in [1.165, 1.54) is 29.3 Å². The molecule has 1 amide bonds. The molecule has 29 heavy (non-hydrogen) atoms. The summed E-state index contributed by atoms with van der Waals surface area (Å²) in [6, 6.07) is 6.22. The van der Waals surface area contributed by atoms with E-state index in [9.17, 15) is 13.2 Å². The number of carbonyl (C=O) groups excluding carboxylic acids is 1. The van der Waals surface area contributed by atoms with E-state index in [1.807, 2.05) is 0 Å². The highest BCUT2D eigenvalue weighted by molar-refractivity contribution is 7.89. The van der Waals surface area contributed by atoms with Crippen molar-refractivity contribution in [2.24, 2.45) is 11.8 Å². The predicted octanol–water partition coefficient (Wildman–Crippen LogP) is 2.98. The molecule has 2 fully saturated rings. The summed E-state index contributed by atoms with van der Waals surface area (Å²) in [5, 5.41) is 3.55. The average molecular weight is 442 g/mol. The Hall–Kier alpha value is -1.15. The van der Waals surface area contributed by atoms with Crippen LogP contribution in [0.1, 0.15) is 39.0 Å². The van der Waals surface area contributed by atoms with Gasteiger partial charge in [-0.15, -0.1) is 0 Å². The molecule has 162 valence electrons. The van der Waals surface area contributed by atoms with Gasteiger partial charge >= 0.3 is 0 Å². The van der Waals surface area contributed by atoms with Crippen LogP contribution in [-0.2, 0) is 14.8 Å². The van der Waals surface area contributed by atoms with Crippen LogP contribution < -0.4 is 5.32 Å². The summed E-state index contributed by atoms with van der Waals surface area (Å²) >= 11 is 5.85. The summed E-state index contributed by atoms with van der Waals surface area (Å²) in [7, 11) is -3.53. The lowest BCUT2D eigenvalue weighted by Gasteiger charge is -2.31. The van der Waals surface area contributed by atoms with Gasteiger partial charge in [0.1, 0.15) is 0 Å². The SMILES string of the molecule is CC1CCN(CCCNC(=O)C2CCN(S(=O)(=O)c3ccc(Cl)cc3)CC2)CC1. The number of sulfonamides is 1. The Morgan fingerprint density at radius 1 is 1.07 bits per heavy atom. The van der Waals surface area contributed by atoms with E-state index in [-0.39, 0.29) is 16.7 Å². The number of amides is 1. The Bertz CT molecular complexity index is 769. The zero-order valence-corrected chi connectivity index (χ0v) is 18.7. The number of piperidine rings is 2. The van der Waals surface area contributed by atoms with Crippen LogP contribution in [0.5, 0.6) is 0 Å². The molecule has 8 heteroatoms. The number of hydrogen-bond acceptors (Lipinski definition) is 4. The van der Waals surface area contributed by atoms with E-state index in [2.05, 4.69) is 17.1 Å². The van der Waals surface area contributed by atoms with E-state index < -0.39 is 10.0 Å². The largest absolute Gasteiger partial charge is 0.356 e. The van der Waals surface area contributed by atoms with Gasteiger partial charge in [-0.3, -0.25) is 4.79 Å². The zero-order chi connectivity index (χ0) is 20.9. The van der Waals surface area contributed by atoms with Gasteiger partial charge in [0, 0.05) is 30.6 Å². The van der Waals surface area contributed by atoms with Crippen LogP contribution in [0.4, 0.5) is 0 Å². The van der Waals surface area contributed by atoms with Crippen LogP contribution >= 0.6 is 11.6 Å². The lowest BCUT2D eigenvalue weighted by Crippen LogP contribution is -2.43. The molecule has 0 atom stereocenters. The third-order valence-corrected chi connectivity index (χ3v) is 8.27. The summed E-state index contributed by atoms with van der Waals surface area (Å²) in [6.07, 6.45) is 4.61. The fraction of sp³-hybridized carbons (Fsp3) is 0.667. The molecule has 0 radical (unpaired) electrons. The molecule has 6 nitrogen and oxygen atoms in total. The molecule has 2 aliphatic heterocycles. The third-order valence-electron chi connectivity index (χ3n) is 6.10. The number of halogens is 1. The number of rotatable bonds is 7. The second-order valence-electron chi connectivity index (χ2n) is 8.30. The molecule has 2 aliphatic rings. The number of likely N-dealkylation sites (tertiary alicyclic amines) is 1. The van der Waals surface area contributed by atoms with E-state index in [0.29, 0.717) is 37.5 Å². The molecule has 2 heterocycles. The van der Waals surface area contributed by atoms with Crippen molar-refractivity contribution in [3.8, 4) is 0 Å². The molecule has 3 rings (SSSR count). The van der Waals surface area contributed by atoms with Gasteiger partial charge in [-0.1, -0.05) is 18.5 Å². The lowest BCUT2D eigenvalue weighted by molar-refractivity contribution is -0.126. The Kier molecular flexibility index (Phi) is 7.96. The maximum absolute atomic E-state index is 12.7. The van der Waals surface area contributed by atoms with Crippen LogP contribution in [0.3, 0.4) is 0 Å².